The Hall–Kier alpha value is -3.75. The lowest BCUT2D eigenvalue weighted by Gasteiger charge is -2.15. The quantitative estimate of drug-likeness (QED) is 0.586. The van der Waals surface area contributed by atoms with Crippen molar-refractivity contribution in [3.05, 3.63) is 53.9 Å². The first-order valence-electron chi connectivity index (χ1n) is 10.1. The molecule has 0 saturated carbocycles. The molecule has 9 nitrogen and oxygen atoms in total. The van der Waals surface area contributed by atoms with Crippen LogP contribution < -0.4 is 5.32 Å². The Labute approximate surface area is 180 Å². The van der Waals surface area contributed by atoms with Gasteiger partial charge in [0, 0.05) is 19.1 Å². The van der Waals surface area contributed by atoms with Crippen molar-refractivity contribution in [2.75, 3.05) is 19.0 Å². The maximum absolute atomic E-state index is 13.0. The molecule has 1 aliphatic rings. The van der Waals surface area contributed by atoms with Gasteiger partial charge in [0.05, 0.1) is 24.8 Å². The van der Waals surface area contributed by atoms with Gasteiger partial charge in [-0.25, -0.2) is 4.98 Å². The van der Waals surface area contributed by atoms with E-state index in [1.807, 2.05) is 41.0 Å². The smallest absolute Gasteiger partial charge is 0.307 e. The number of nitrogens with zero attached hydrogens (tertiary/aromatic N) is 5. The van der Waals surface area contributed by atoms with E-state index in [2.05, 4.69) is 39.1 Å². The topological polar surface area (TPSA) is 102 Å². The van der Waals surface area contributed by atoms with Crippen LogP contribution in [0, 0.1) is 0 Å². The maximum Gasteiger partial charge on any atom is 0.307 e. The summed E-state index contributed by atoms with van der Waals surface area (Å²) in [5.41, 5.74) is 2.88. The summed E-state index contributed by atoms with van der Waals surface area (Å²) in [6.45, 7) is 4.89. The second-order valence-electron chi connectivity index (χ2n) is 7.58. The van der Waals surface area contributed by atoms with Crippen molar-refractivity contribution in [3.63, 3.8) is 0 Å². The first-order valence-corrected chi connectivity index (χ1v) is 10.1. The lowest BCUT2D eigenvalue weighted by molar-refractivity contribution is -0.140. The number of carbonyl (C=O) groups excluding carboxylic acids is 2. The zero-order chi connectivity index (χ0) is 22.0. The standard InChI is InChI=1S/C22H24N6O3/c1-14(2)28-13-23-26-21(28)17-8-5-9-18(25-17)24-16-7-4-6-15-12-27(22(30)20(15)16)11-10-19(29)31-3/h4-9,13-14H,10-12H2,1-3H3,(H,24,25). The highest BCUT2D eigenvalue weighted by Gasteiger charge is 2.30. The van der Waals surface area contributed by atoms with E-state index in [0.29, 0.717) is 41.7 Å². The van der Waals surface area contributed by atoms with Crippen LogP contribution in [0.5, 0.6) is 0 Å². The average Bonchev–Trinajstić information content (AvgIpc) is 3.38. The van der Waals surface area contributed by atoms with Gasteiger partial charge in [-0.3, -0.25) is 9.59 Å². The molecule has 0 spiro atoms. The number of nitrogens with one attached hydrogen (secondary N) is 1. The number of carbonyl (C=O) groups is 2. The molecule has 3 aromatic rings. The second kappa shape index (κ2) is 8.55. The highest BCUT2D eigenvalue weighted by atomic mass is 16.5. The van der Waals surface area contributed by atoms with E-state index in [4.69, 9.17) is 0 Å². The lowest BCUT2D eigenvalue weighted by Crippen LogP contribution is -2.27. The van der Waals surface area contributed by atoms with Crippen LogP contribution in [-0.4, -0.2) is 50.2 Å². The number of aromatic nitrogens is 4. The third-order valence-electron chi connectivity index (χ3n) is 5.20. The summed E-state index contributed by atoms with van der Waals surface area (Å²) in [6.07, 6.45) is 1.85. The third-order valence-corrected chi connectivity index (χ3v) is 5.20. The molecule has 0 saturated heterocycles. The van der Waals surface area contributed by atoms with Crippen molar-refractivity contribution in [1.82, 2.24) is 24.6 Å². The van der Waals surface area contributed by atoms with Gasteiger partial charge in [0.25, 0.3) is 5.91 Å². The van der Waals surface area contributed by atoms with Gasteiger partial charge in [-0.1, -0.05) is 18.2 Å². The number of amides is 1. The van der Waals surface area contributed by atoms with Crippen molar-refractivity contribution in [1.29, 1.82) is 0 Å². The largest absolute Gasteiger partial charge is 0.469 e. The van der Waals surface area contributed by atoms with Crippen LogP contribution in [0.25, 0.3) is 11.5 Å². The van der Waals surface area contributed by atoms with Crippen molar-refractivity contribution >= 4 is 23.4 Å². The van der Waals surface area contributed by atoms with Crippen LogP contribution in [0.15, 0.2) is 42.7 Å². The summed E-state index contributed by atoms with van der Waals surface area (Å²) in [7, 11) is 1.34. The van der Waals surface area contributed by atoms with Crippen molar-refractivity contribution in [2.24, 2.45) is 0 Å². The normalized spacial score (nSPS) is 12.9. The van der Waals surface area contributed by atoms with Crippen LogP contribution in [0.2, 0.25) is 0 Å². The summed E-state index contributed by atoms with van der Waals surface area (Å²) in [5, 5.41) is 11.5. The number of rotatable bonds is 7. The molecule has 9 heteroatoms. The van der Waals surface area contributed by atoms with E-state index in [-0.39, 0.29) is 24.3 Å². The van der Waals surface area contributed by atoms with Gasteiger partial charge in [-0.2, -0.15) is 0 Å². The van der Waals surface area contributed by atoms with E-state index in [9.17, 15) is 9.59 Å². The average molecular weight is 420 g/mol. The van der Waals surface area contributed by atoms with Crippen LogP contribution in [0.1, 0.15) is 42.2 Å². The Balaban J connectivity index is 1.58. The molecular formula is C22H24N6O3. The molecule has 2 aromatic heterocycles. The number of anilines is 2. The van der Waals surface area contributed by atoms with Gasteiger partial charge in [-0.15, -0.1) is 10.2 Å². The summed E-state index contributed by atoms with van der Waals surface area (Å²) in [5.74, 6) is 0.835. The molecule has 0 aliphatic carbocycles. The molecule has 1 amide bonds. The number of hydrogen-bond donors (Lipinski definition) is 1. The fraction of sp³-hybridized carbons (Fsp3) is 0.318. The van der Waals surface area contributed by atoms with Gasteiger partial charge in [0.15, 0.2) is 5.82 Å². The fourth-order valence-electron chi connectivity index (χ4n) is 3.60. The molecule has 1 aromatic carbocycles. The number of pyridine rings is 1. The molecule has 0 atom stereocenters. The van der Waals surface area contributed by atoms with Crippen LogP contribution in [0.3, 0.4) is 0 Å². The molecule has 4 rings (SSSR count). The van der Waals surface area contributed by atoms with E-state index < -0.39 is 0 Å². The SMILES string of the molecule is COC(=O)CCN1Cc2cccc(Nc3cccc(-c4nncn4C(C)C)n3)c2C1=O. The predicted octanol–water partition coefficient (Wildman–Crippen LogP) is 3.18. The van der Waals surface area contributed by atoms with Gasteiger partial charge in [0.1, 0.15) is 17.8 Å². The first kappa shape index (κ1) is 20.5. The van der Waals surface area contributed by atoms with E-state index >= 15 is 0 Å². The number of hydrogen-bond acceptors (Lipinski definition) is 7. The number of fused-ring (bicyclic) bond motifs is 1. The van der Waals surface area contributed by atoms with Crippen LogP contribution in [0.4, 0.5) is 11.5 Å². The summed E-state index contributed by atoms with van der Waals surface area (Å²) in [6, 6.07) is 11.5. The molecule has 1 aliphatic heterocycles. The zero-order valence-electron chi connectivity index (χ0n) is 17.7. The van der Waals surface area contributed by atoms with Crippen molar-refractivity contribution < 1.29 is 14.3 Å². The summed E-state index contributed by atoms with van der Waals surface area (Å²) >= 11 is 0. The van der Waals surface area contributed by atoms with Crippen molar-refractivity contribution in [2.45, 2.75) is 32.9 Å². The fourth-order valence-corrected chi connectivity index (χ4v) is 3.60. The van der Waals surface area contributed by atoms with E-state index in [1.54, 1.807) is 11.2 Å². The Kier molecular flexibility index (Phi) is 5.66. The summed E-state index contributed by atoms with van der Waals surface area (Å²) < 4.78 is 6.63. The highest BCUT2D eigenvalue weighted by molar-refractivity contribution is 6.04. The van der Waals surface area contributed by atoms with Crippen molar-refractivity contribution in [3.8, 4) is 11.5 Å². The molecule has 0 radical (unpaired) electrons. The molecule has 31 heavy (non-hydrogen) atoms. The third kappa shape index (κ3) is 4.11. The van der Waals surface area contributed by atoms with Gasteiger partial charge in [-0.05, 0) is 37.6 Å². The molecule has 0 bridgehead atoms. The Morgan fingerprint density at radius 2 is 2.03 bits per heavy atom. The predicted molar refractivity (Wildman–Crippen MR) is 115 cm³/mol. The molecule has 0 unspecified atom stereocenters. The monoisotopic (exact) mass is 420 g/mol. The van der Waals surface area contributed by atoms with Crippen LogP contribution in [-0.2, 0) is 16.1 Å². The minimum atomic E-state index is -0.336. The summed E-state index contributed by atoms with van der Waals surface area (Å²) in [4.78, 5) is 30.8. The maximum atomic E-state index is 13.0. The number of benzene rings is 1. The number of ether oxygens (including phenoxy) is 1. The van der Waals surface area contributed by atoms with E-state index in [1.165, 1.54) is 7.11 Å². The lowest BCUT2D eigenvalue weighted by atomic mass is 10.1. The Morgan fingerprint density at radius 3 is 2.81 bits per heavy atom. The van der Waals surface area contributed by atoms with Crippen LogP contribution >= 0.6 is 0 Å². The molecule has 1 N–H and O–H groups in total. The second-order valence-corrected chi connectivity index (χ2v) is 7.58. The van der Waals surface area contributed by atoms with Gasteiger partial charge >= 0.3 is 5.97 Å². The van der Waals surface area contributed by atoms with Gasteiger partial charge in [0.2, 0.25) is 0 Å². The molecule has 0 fully saturated rings. The first-order chi connectivity index (χ1) is 15.0. The number of methoxy groups -OCH3 is 1. The Morgan fingerprint density at radius 1 is 1.23 bits per heavy atom. The highest BCUT2D eigenvalue weighted by Crippen LogP contribution is 2.31. The minimum absolute atomic E-state index is 0.113. The molecule has 160 valence electrons. The zero-order valence-corrected chi connectivity index (χ0v) is 17.7. The van der Waals surface area contributed by atoms with E-state index in [0.717, 1.165) is 5.56 Å². The minimum Gasteiger partial charge on any atom is -0.469 e. The molecule has 3 heterocycles. The van der Waals surface area contributed by atoms with Gasteiger partial charge < -0.3 is 19.5 Å². The Bertz CT molecular complexity index is 1120. The number of esters is 1. The molecular weight excluding hydrogens is 396 g/mol.